The Morgan fingerprint density at radius 1 is 1.25 bits per heavy atom. The number of aromatic hydroxyl groups is 1. The van der Waals surface area contributed by atoms with Gasteiger partial charge >= 0.3 is 0 Å². The van der Waals surface area contributed by atoms with E-state index in [4.69, 9.17) is 5.73 Å². The average Bonchev–Trinajstić information content (AvgIpc) is 2.77. The molecule has 1 aromatic carbocycles. The van der Waals surface area contributed by atoms with E-state index >= 15 is 0 Å². The molecule has 0 aliphatic carbocycles. The summed E-state index contributed by atoms with van der Waals surface area (Å²) in [5, 5.41) is 11.6. The molecule has 0 radical (unpaired) electrons. The summed E-state index contributed by atoms with van der Waals surface area (Å²) in [6.07, 6.45) is 0. The molecule has 1 heterocycles. The summed E-state index contributed by atoms with van der Waals surface area (Å²) >= 11 is 8.22. The Bertz CT molecular complexity index is 476. The van der Waals surface area contributed by atoms with Gasteiger partial charge < -0.3 is 10.8 Å². The van der Waals surface area contributed by atoms with Crippen LogP contribution in [0.3, 0.4) is 0 Å². The van der Waals surface area contributed by atoms with Gasteiger partial charge in [0.1, 0.15) is 5.75 Å². The number of hydrogen-bond acceptors (Lipinski definition) is 3. The molecule has 0 bridgehead atoms. The van der Waals surface area contributed by atoms with Crippen LogP contribution in [0.4, 0.5) is 0 Å². The molecule has 1 atom stereocenters. The van der Waals surface area contributed by atoms with Gasteiger partial charge in [0.15, 0.2) is 0 Å². The fraction of sp³-hybridized carbons (Fsp3) is 0.0909. The third-order valence-electron chi connectivity index (χ3n) is 2.25. The zero-order valence-corrected chi connectivity index (χ0v) is 12.1. The van der Waals surface area contributed by atoms with Gasteiger partial charge in [0.05, 0.1) is 15.0 Å². The molecule has 1 aromatic heterocycles. The monoisotopic (exact) mass is 361 g/mol. The smallest absolute Gasteiger partial charge is 0.143 e. The molecule has 2 aromatic rings. The Hall–Kier alpha value is -0.360. The van der Waals surface area contributed by atoms with E-state index in [-0.39, 0.29) is 11.8 Å². The van der Waals surface area contributed by atoms with Crippen molar-refractivity contribution in [3.63, 3.8) is 0 Å². The van der Waals surface area contributed by atoms with Crippen LogP contribution in [0.1, 0.15) is 16.5 Å². The zero-order valence-electron chi connectivity index (χ0n) is 8.15. The maximum atomic E-state index is 9.61. The van der Waals surface area contributed by atoms with Gasteiger partial charge in [-0.3, -0.25) is 0 Å². The van der Waals surface area contributed by atoms with Crippen molar-refractivity contribution in [1.82, 2.24) is 0 Å². The van der Waals surface area contributed by atoms with E-state index in [1.807, 2.05) is 29.6 Å². The molecule has 2 rings (SSSR count). The van der Waals surface area contributed by atoms with Gasteiger partial charge in [0.25, 0.3) is 0 Å². The van der Waals surface area contributed by atoms with Gasteiger partial charge in [-0.2, -0.15) is 0 Å². The van der Waals surface area contributed by atoms with Crippen LogP contribution in [-0.2, 0) is 0 Å². The highest BCUT2D eigenvalue weighted by atomic mass is 79.9. The van der Waals surface area contributed by atoms with Gasteiger partial charge in [-0.05, 0) is 61.0 Å². The van der Waals surface area contributed by atoms with Crippen LogP contribution in [0, 0.1) is 0 Å². The maximum absolute atomic E-state index is 9.61. The Labute approximate surface area is 114 Å². The molecular formula is C11H9Br2NOS. The standard InChI is InChI=1S/C11H9Br2NOS/c12-7-4-6(5-8(13)11(7)15)10(14)9-2-1-3-16-9/h1-5,10,15H,14H2/t10-/m1/s1. The quantitative estimate of drug-likeness (QED) is 0.847. The molecule has 0 unspecified atom stereocenters. The number of benzene rings is 1. The van der Waals surface area contributed by atoms with E-state index in [0.717, 1.165) is 10.4 Å². The summed E-state index contributed by atoms with van der Waals surface area (Å²) in [7, 11) is 0. The van der Waals surface area contributed by atoms with Crippen LogP contribution in [0.2, 0.25) is 0 Å². The molecule has 0 fully saturated rings. The van der Waals surface area contributed by atoms with Crippen LogP contribution in [0.5, 0.6) is 5.75 Å². The van der Waals surface area contributed by atoms with Crippen molar-refractivity contribution in [3.05, 3.63) is 49.0 Å². The Balaban J connectivity index is 2.42. The van der Waals surface area contributed by atoms with E-state index in [2.05, 4.69) is 31.9 Å². The van der Waals surface area contributed by atoms with Gasteiger partial charge in [-0.15, -0.1) is 11.3 Å². The molecule has 0 saturated heterocycles. The number of phenolic OH excluding ortho intramolecular Hbond substituents is 1. The second kappa shape index (κ2) is 4.87. The summed E-state index contributed by atoms with van der Waals surface area (Å²) in [6.45, 7) is 0. The van der Waals surface area contributed by atoms with Gasteiger partial charge in [0.2, 0.25) is 0 Å². The molecule has 3 N–H and O–H groups in total. The SMILES string of the molecule is N[C@H](c1cc(Br)c(O)c(Br)c1)c1cccs1. The predicted octanol–water partition coefficient (Wildman–Crippen LogP) is 4.03. The molecule has 0 saturated carbocycles. The van der Waals surface area contributed by atoms with Crippen molar-refractivity contribution >= 4 is 43.2 Å². The topological polar surface area (TPSA) is 46.2 Å². The van der Waals surface area contributed by atoms with Crippen LogP contribution in [-0.4, -0.2) is 5.11 Å². The molecule has 0 aliphatic rings. The van der Waals surface area contributed by atoms with Crippen LogP contribution in [0.15, 0.2) is 38.6 Å². The lowest BCUT2D eigenvalue weighted by Crippen LogP contribution is -2.10. The fourth-order valence-electron chi connectivity index (χ4n) is 1.40. The highest BCUT2D eigenvalue weighted by molar-refractivity contribution is 9.11. The predicted molar refractivity (Wildman–Crippen MR) is 73.9 cm³/mol. The number of hydrogen-bond donors (Lipinski definition) is 2. The second-order valence-electron chi connectivity index (χ2n) is 3.33. The van der Waals surface area contributed by atoms with Crippen LogP contribution in [0.25, 0.3) is 0 Å². The number of rotatable bonds is 2. The third kappa shape index (κ3) is 2.32. The highest BCUT2D eigenvalue weighted by Crippen LogP contribution is 2.36. The van der Waals surface area contributed by atoms with E-state index in [0.29, 0.717) is 8.95 Å². The third-order valence-corrected chi connectivity index (χ3v) is 4.41. The van der Waals surface area contributed by atoms with Crippen molar-refractivity contribution in [3.8, 4) is 5.75 Å². The molecule has 0 amide bonds. The summed E-state index contributed by atoms with van der Waals surface area (Å²) in [6, 6.07) is 7.50. The lowest BCUT2D eigenvalue weighted by atomic mass is 10.1. The van der Waals surface area contributed by atoms with Crippen molar-refractivity contribution < 1.29 is 5.11 Å². The lowest BCUT2D eigenvalue weighted by Gasteiger charge is -2.12. The van der Waals surface area contributed by atoms with Crippen LogP contribution < -0.4 is 5.73 Å². The molecule has 0 spiro atoms. The van der Waals surface area contributed by atoms with E-state index in [1.165, 1.54) is 0 Å². The Kier molecular flexibility index (Phi) is 3.69. The van der Waals surface area contributed by atoms with Crippen LogP contribution >= 0.6 is 43.2 Å². The van der Waals surface area contributed by atoms with Crippen molar-refractivity contribution in [2.45, 2.75) is 6.04 Å². The van der Waals surface area contributed by atoms with Crippen molar-refractivity contribution in [1.29, 1.82) is 0 Å². The summed E-state index contributed by atoms with van der Waals surface area (Å²) in [5.41, 5.74) is 7.09. The molecule has 84 valence electrons. The first-order valence-electron chi connectivity index (χ1n) is 4.56. The summed E-state index contributed by atoms with van der Waals surface area (Å²) < 4.78 is 1.28. The maximum Gasteiger partial charge on any atom is 0.143 e. The number of thiophene rings is 1. The van der Waals surface area contributed by atoms with E-state index in [1.54, 1.807) is 11.3 Å². The van der Waals surface area contributed by atoms with Gasteiger partial charge in [-0.1, -0.05) is 6.07 Å². The molecular weight excluding hydrogens is 354 g/mol. The molecule has 16 heavy (non-hydrogen) atoms. The van der Waals surface area contributed by atoms with Crippen molar-refractivity contribution in [2.75, 3.05) is 0 Å². The first-order valence-corrected chi connectivity index (χ1v) is 7.03. The van der Waals surface area contributed by atoms with E-state index in [9.17, 15) is 5.11 Å². The van der Waals surface area contributed by atoms with Gasteiger partial charge in [0, 0.05) is 4.88 Å². The summed E-state index contributed by atoms with van der Waals surface area (Å²) in [5.74, 6) is 0.196. The first kappa shape index (κ1) is 12.1. The normalized spacial score (nSPS) is 12.7. The number of halogens is 2. The molecule has 5 heteroatoms. The first-order chi connectivity index (χ1) is 7.59. The number of nitrogens with two attached hydrogens (primary N) is 1. The molecule has 0 aliphatic heterocycles. The summed E-state index contributed by atoms with van der Waals surface area (Å²) in [4.78, 5) is 1.10. The highest BCUT2D eigenvalue weighted by Gasteiger charge is 2.13. The van der Waals surface area contributed by atoms with Crippen molar-refractivity contribution in [2.24, 2.45) is 5.73 Å². The zero-order chi connectivity index (χ0) is 11.7. The minimum atomic E-state index is -0.159. The fourth-order valence-corrected chi connectivity index (χ4v) is 3.37. The molecule has 2 nitrogen and oxygen atoms in total. The van der Waals surface area contributed by atoms with E-state index < -0.39 is 0 Å². The lowest BCUT2D eigenvalue weighted by molar-refractivity contribution is 0.468. The largest absolute Gasteiger partial charge is 0.506 e. The number of phenols is 1. The average molecular weight is 363 g/mol. The minimum Gasteiger partial charge on any atom is -0.506 e. The second-order valence-corrected chi connectivity index (χ2v) is 6.01. The van der Waals surface area contributed by atoms with Gasteiger partial charge in [-0.25, -0.2) is 0 Å². The Morgan fingerprint density at radius 3 is 2.38 bits per heavy atom. The minimum absolute atomic E-state index is 0.159. The Morgan fingerprint density at radius 2 is 1.88 bits per heavy atom.